The maximum Gasteiger partial charge on any atom is 0.130 e. The highest BCUT2D eigenvalue weighted by atomic mass is 35.5. The Kier molecular flexibility index (Phi) is 6.03. The maximum absolute atomic E-state index is 6.03. The van der Waals surface area contributed by atoms with Crippen molar-refractivity contribution < 1.29 is 4.74 Å². The lowest BCUT2D eigenvalue weighted by Gasteiger charge is -2.05. The summed E-state index contributed by atoms with van der Waals surface area (Å²) in [5, 5.41) is 5.06. The number of halogens is 1. The predicted molar refractivity (Wildman–Crippen MR) is 90.5 cm³/mol. The Morgan fingerprint density at radius 3 is 2.81 bits per heavy atom. The van der Waals surface area contributed by atoms with Crippen LogP contribution in [0.25, 0.3) is 10.6 Å². The number of benzene rings is 1. The second-order valence-corrected chi connectivity index (χ2v) is 6.28. The molecule has 0 atom stereocenters. The summed E-state index contributed by atoms with van der Waals surface area (Å²) in [6.07, 6.45) is 2.10. The quantitative estimate of drug-likeness (QED) is 0.812. The first-order valence-corrected chi connectivity index (χ1v) is 8.42. The van der Waals surface area contributed by atoms with Crippen molar-refractivity contribution in [3.05, 3.63) is 33.8 Å². The van der Waals surface area contributed by atoms with E-state index in [0.29, 0.717) is 5.02 Å². The van der Waals surface area contributed by atoms with E-state index >= 15 is 0 Å². The Labute approximate surface area is 135 Å². The zero-order valence-corrected chi connectivity index (χ0v) is 14.3. The molecule has 1 N–H and O–H groups in total. The van der Waals surface area contributed by atoms with E-state index in [2.05, 4.69) is 19.2 Å². The number of methoxy groups -OCH3 is 1. The van der Waals surface area contributed by atoms with E-state index in [0.717, 1.165) is 42.3 Å². The number of aromatic nitrogens is 1. The zero-order chi connectivity index (χ0) is 15.2. The molecule has 0 aliphatic heterocycles. The van der Waals surface area contributed by atoms with E-state index in [1.807, 2.05) is 18.2 Å². The monoisotopic (exact) mass is 324 g/mol. The molecule has 0 radical (unpaired) electrons. The molecule has 2 aromatic rings. The van der Waals surface area contributed by atoms with Crippen molar-refractivity contribution in [3.63, 3.8) is 0 Å². The first-order valence-electron chi connectivity index (χ1n) is 7.22. The summed E-state index contributed by atoms with van der Waals surface area (Å²) in [5.41, 5.74) is 2.20. The van der Waals surface area contributed by atoms with Crippen molar-refractivity contribution in [2.24, 2.45) is 0 Å². The number of nitrogens with one attached hydrogen (secondary N) is 1. The Hall–Kier alpha value is -1.10. The fraction of sp³-hybridized carbons (Fsp3) is 0.438. The maximum atomic E-state index is 6.03. The van der Waals surface area contributed by atoms with Gasteiger partial charge in [0.05, 0.1) is 18.4 Å². The van der Waals surface area contributed by atoms with Crippen LogP contribution >= 0.6 is 22.9 Å². The van der Waals surface area contributed by atoms with Gasteiger partial charge in [-0.05, 0) is 31.2 Å². The molecule has 0 aliphatic carbocycles. The SMILES string of the molecule is CCCc1nc(-c2ccc(Cl)cc2OC)sc1CNCC. The lowest BCUT2D eigenvalue weighted by molar-refractivity contribution is 0.416. The van der Waals surface area contributed by atoms with Gasteiger partial charge in [0.1, 0.15) is 10.8 Å². The number of thiazole rings is 1. The topological polar surface area (TPSA) is 34.1 Å². The average molecular weight is 325 g/mol. The van der Waals surface area contributed by atoms with Crippen molar-refractivity contribution in [2.45, 2.75) is 33.2 Å². The Morgan fingerprint density at radius 1 is 1.33 bits per heavy atom. The lowest BCUT2D eigenvalue weighted by atomic mass is 10.2. The molecule has 0 saturated carbocycles. The molecule has 0 bridgehead atoms. The molecule has 1 aromatic carbocycles. The standard InChI is InChI=1S/C16H21ClN2OS/c1-4-6-13-15(10-18-5-2)21-16(19-13)12-8-7-11(17)9-14(12)20-3/h7-9,18H,4-6,10H2,1-3H3. The number of nitrogens with zero attached hydrogens (tertiary/aromatic N) is 1. The van der Waals surface area contributed by atoms with Gasteiger partial charge in [0.2, 0.25) is 0 Å². The first kappa shape index (κ1) is 16.3. The largest absolute Gasteiger partial charge is 0.496 e. The van der Waals surface area contributed by atoms with E-state index in [1.54, 1.807) is 18.4 Å². The molecule has 114 valence electrons. The second-order valence-electron chi connectivity index (χ2n) is 4.76. The van der Waals surface area contributed by atoms with Crippen molar-refractivity contribution >= 4 is 22.9 Å². The Bertz CT molecular complexity index is 598. The number of aryl methyl sites for hydroxylation is 1. The molecule has 21 heavy (non-hydrogen) atoms. The van der Waals surface area contributed by atoms with Crippen LogP contribution in [-0.4, -0.2) is 18.6 Å². The summed E-state index contributed by atoms with van der Waals surface area (Å²) in [4.78, 5) is 6.13. The van der Waals surface area contributed by atoms with Gasteiger partial charge in [-0.3, -0.25) is 0 Å². The van der Waals surface area contributed by atoms with E-state index in [4.69, 9.17) is 21.3 Å². The second kappa shape index (κ2) is 7.78. The van der Waals surface area contributed by atoms with Crippen LogP contribution in [0.2, 0.25) is 5.02 Å². The Morgan fingerprint density at radius 2 is 2.14 bits per heavy atom. The molecule has 5 heteroatoms. The molecule has 0 unspecified atom stereocenters. The predicted octanol–water partition coefficient (Wildman–Crippen LogP) is 4.53. The van der Waals surface area contributed by atoms with Crippen LogP contribution in [0.15, 0.2) is 18.2 Å². The van der Waals surface area contributed by atoms with Gasteiger partial charge < -0.3 is 10.1 Å². The minimum Gasteiger partial charge on any atom is -0.496 e. The lowest BCUT2D eigenvalue weighted by Crippen LogP contribution is -2.11. The van der Waals surface area contributed by atoms with Gasteiger partial charge in [0.25, 0.3) is 0 Å². The molecule has 3 nitrogen and oxygen atoms in total. The van der Waals surface area contributed by atoms with Crippen molar-refractivity contribution in [2.75, 3.05) is 13.7 Å². The molecule has 1 aromatic heterocycles. The van der Waals surface area contributed by atoms with E-state index in [1.165, 1.54) is 10.6 Å². The van der Waals surface area contributed by atoms with Crippen LogP contribution in [0.3, 0.4) is 0 Å². The third-order valence-electron chi connectivity index (χ3n) is 3.19. The van der Waals surface area contributed by atoms with Gasteiger partial charge in [-0.15, -0.1) is 11.3 Å². The normalized spacial score (nSPS) is 10.9. The molecule has 0 saturated heterocycles. The summed E-state index contributed by atoms with van der Waals surface area (Å²) in [7, 11) is 1.66. The highest BCUT2D eigenvalue weighted by molar-refractivity contribution is 7.15. The summed E-state index contributed by atoms with van der Waals surface area (Å²) < 4.78 is 5.44. The summed E-state index contributed by atoms with van der Waals surface area (Å²) in [6.45, 7) is 6.13. The van der Waals surface area contributed by atoms with Crippen molar-refractivity contribution in [1.82, 2.24) is 10.3 Å². The average Bonchev–Trinajstić information content (AvgIpc) is 2.88. The number of ether oxygens (including phenoxy) is 1. The summed E-state index contributed by atoms with van der Waals surface area (Å²) in [6, 6.07) is 5.69. The smallest absolute Gasteiger partial charge is 0.130 e. The van der Waals surface area contributed by atoms with Crippen molar-refractivity contribution in [1.29, 1.82) is 0 Å². The van der Waals surface area contributed by atoms with E-state index < -0.39 is 0 Å². The van der Waals surface area contributed by atoms with Crippen LogP contribution in [-0.2, 0) is 13.0 Å². The van der Waals surface area contributed by atoms with Crippen LogP contribution in [0.5, 0.6) is 5.75 Å². The molecule has 0 spiro atoms. The van der Waals surface area contributed by atoms with E-state index in [9.17, 15) is 0 Å². The van der Waals surface area contributed by atoms with Crippen LogP contribution in [0, 0.1) is 0 Å². The molecule has 2 rings (SSSR count). The Balaban J connectivity index is 2.39. The fourth-order valence-electron chi connectivity index (χ4n) is 2.15. The highest BCUT2D eigenvalue weighted by Gasteiger charge is 2.15. The fourth-order valence-corrected chi connectivity index (χ4v) is 3.42. The third kappa shape index (κ3) is 3.96. The number of rotatable bonds is 7. The van der Waals surface area contributed by atoms with Gasteiger partial charge in [0.15, 0.2) is 0 Å². The molecular formula is C16H21ClN2OS. The first-order chi connectivity index (χ1) is 10.2. The molecule has 0 aliphatic rings. The van der Waals surface area contributed by atoms with Crippen molar-refractivity contribution in [3.8, 4) is 16.3 Å². The van der Waals surface area contributed by atoms with Crippen LogP contribution < -0.4 is 10.1 Å². The van der Waals surface area contributed by atoms with Gasteiger partial charge in [0, 0.05) is 16.4 Å². The molecule has 0 fully saturated rings. The van der Waals surface area contributed by atoms with Gasteiger partial charge in [-0.25, -0.2) is 4.98 Å². The van der Waals surface area contributed by atoms with Crippen LogP contribution in [0.1, 0.15) is 30.8 Å². The number of hydrogen-bond donors (Lipinski definition) is 1. The van der Waals surface area contributed by atoms with E-state index in [-0.39, 0.29) is 0 Å². The number of hydrogen-bond acceptors (Lipinski definition) is 4. The molecule has 0 amide bonds. The minimum atomic E-state index is 0.675. The van der Waals surface area contributed by atoms with Gasteiger partial charge >= 0.3 is 0 Å². The van der Waals surface area contributed by atoms with Gasteiger partial charge in [-0.1, -0.05) is 31.9 Å². The summed E-state index contributed by atoms with van der Waals surface area (Å²) >= 11 is 7.76. The third-order valence-corrected chi connectivity index (χ3v) is 4.56. The summed E-state index contributed by atoms with van der Waals surface area (Å²) in [5.74, 6) is 0.772. The molecular weight excluding hydrogens is 304 g/mol. The molecule has 1 heterocycles. The minimum absolute atomic E-state index is 0.675. The highest BCUT2D eigenvalue weighted by Crippen LogP contribution is 2.36. The van der Waals surface area contributed by atoms with Gasteiger partial charge in [-0.2, -0.15) is 0 Å². The van der Waals surface area contributed by atoms with Crippen LogP contribution in [0.4, 0.5) is 0 Å². The zero-order valence-electron chi connectivity index (χ0n) is 12.7.